The zero-order valence-corrected chi connectivity index (χ0v) is 9.69. The first kappa shape index (κ1) is 13.3. The van der Waals surface area contributed by atoms with Gasteiger partial charge in [-0.1, -0.05) is 0 Å². The van der Waals surface area contributed by atoms with Crippen LogP contribution in [0.3, 0.4) is 0 Å². The van der Waals surface area contributed by atoms with E-state index < -0.39 is 45.7 Å². The lowest BCUT2D eigenvalue weighted by Crippen LogP contribution is -2.43. The van der Waals surface area contributed by atoms with Gasteiger partial charge in [0.15, 0.2) is 0 Å². The molecule has 1 aliphatic rings. The van der Waals surface area contributed by atoms with Crippen LogP contribution in [0.2, 0.25) is 0 Å². The van der Waals surface area contributed by atoms with Crippen molar-refractivity contribution in [2.75, 3.05) is 12.0 Å². The Kier molecular flexibility index (Phi) is 3.29. The molecule has 1 N–H and O–H groups in total. The maximum absolute atomic E-state index is 12.9. The van der Waals surface area contributed by atoms with Crippen LogP contribution in [0.25, 0.3) is 0 Å². The number of carboxylic acids is 1. The third kappa shape index (κ3) is 3.13. The molecule has 0 aromatic rings. The highest BCUT2D eigenvalue weighted by molar-refractivity contribution is 7.90. The van der Waals surface area contributed by atoms with Gasteiger partial charge in [-0.2, -0.15) is 0 Å². The van der Waals surface area contributed by atoms with E-state index in [0.717, 1.165) is 6.26 Å². The van der Waals surface area contributed by atoms with Crippen LogP contribution in [0.15, 0.2) is 0 Å². The van der Waals surface area contributed by atoms with Crippen molar-refractivity contribution in [3.05, 3.63) is 0 Å². The maximum atomic E-state index is 12.9. The molecule has 94 valence electrons. The monoisotopic (exact) mass is 256 g/mol. The fraction of sp³-hybridized carbons (Fsp3) is 0.889. The van der Waals surface area contributed by atoms with Crippen LogP contribution in [-0.2, 0) is 14.6 Å². The summed E-state index contributed by atoms with van der Waals surface area (Å²) in [5.41, 5.74) is -1.53. The summed E-state index contributed by atoms with van der Waals surface area (Å²) < 4.78 is 48.0. The van der Waals surface area contributed by atoms with Crippen LogP contribution < -0.4 is 0 Å². The molecule has 7 heteroatoms. The lowest BCUT2D eigenvalue weighted by atomic mass is 9.74. The second-order valence-corrected chi connectivity index (χ2v) is 6.65. The molecule has 0 saturated heterocycles. The van der Waals surface area contributed by atoms with E-state index in [4.69, 9.17) is 5.11 Å². The van der Waals surface area contributed by atoms with Crippen LogP contribution in [0.5, 0.6) is 0 Å². The average molecular weight is 256 g/mol. The van der Waals surface area contributed by atoms with E-state index in [9.17, 15) is 22.0 Å². The van der Waals surface area contributed by atoms with Crippen molar-refractivity contribution in [1.82, 2.24) is 0 Å². The number of aliphatic carboxylic acids is 1. The second kappa shape index (κ2) is 3.94. The molecule has 16 heavy (non-hydrogen) atoms. The van der Waals surface area contributed by atoms with Crippen LogP contribution >= 0.6 is 0 Å². The van der Waals surface area contributed by atoms with Gasteiger partial charge < -0.3 is 5.11 Å². The Morgan fingerprint density at radius 1 is 1.25 bits per heavy atom. The minimum Gasteiger partial charge on any atom is -0.481 e. The Hall–Kier alpha value is -0.720. The van der Waals surface area contributed by atoms with Gasteiger partial charge in [0.25, 0.3) is 0 Å². The number of hydrogen-bond acceptors (Lipinski definition) is 3. The van der Waals surface area contributed by atoms with E-state index in [1.165, 1.54) is 0 Å². The molecule has 1 aliphatic carbocycles. The lowest BCUT2D eigenvalue weighted by Gasteiger charge is -2.35. The third-order valence-corrected chi connectivity index (χ3v) is 4.01. The highest BCUT2D eigenvalue weighted by atomic mass is 32.2. The fourth-order valence-corrected chi connectivity index (χ4v) is 3.43. The Morgan fingerprint density at radius 2 is 1.69 bits per heavy atom. The van der Waals surface area contributed by atoms with Gasteiger partial charge in [-0.05, 0) is 12.8 Å². The molecule has 0 atom stereocenters. The molecule has 0 aromatic heterocycles. The zero-order chi connectivity index (χ0) is 12.6. The van der Waals surface area contributed by atoms with E-state index >= 15 is 0 Å². The first-order valence-corrected chi connectivity index (χ1v) is 6.91. The third-order valence-electron chi connectivity index (χ3n) is 2.93. The van der Waals surface area contributed by atoms with E-state index in [-0.39, 0.29) is 12.8 Å². The number of rotatable bonds is 3. The van der Waals surface area contributed by atoms with Crippen molar-refractivity contribution in [2.24, 2.45) is 5.41 Å². The van der Waals surface area contributed by atoms with E-state index in [1.54, 1.807) is 0 Å². The fourth-order valence-electron chi connectivity index (χ4n) is 2.02. The molecule has 0 heterocycles. The summed E-state index contributed by atoms with van der Waals surface area (Å²) in [7, 11) is -3.49. The summed E-state index contributed by atoms with van der Waals surface area (Å²) in [6.07, 6.45) is -0.779. The topological polar surface area (TPSA) is 71.4 Å². The van der Waals surface area contributed by atoms with Crippen LogP contribution in [-0.4, -0.2) is 37.4 Å². The summed E-state index contributed by atoms with van der Waals surface area (Å²) in [6.45, 7) is 0. The van der Waals surface area contributed by atoms with Gasteiger partial charge in [-0.3, -0.25) is 4.79 Å². The zero-order valence-electron chi connectivity index (χ0n) is 8.87. The van der Waals surface area contributed by atoms with Gasteiger partial charge in [0.05, 0.1) is 11.2 Å². The molecule has 0 bridgehead atoms. The Balaban J connectivity index is 2.90. The van der Waals surface area contributed by atoms with Crippen molar-refractivity contribution in [1.29, 1.82) is 0 Å². The smallest absolute Gasteiger partial charge is 0.310 e. The van der Waals surface area contributed by atoms with Gasteiger partial charge in [0.1, 0.15) is 9.84 Å². The van der Waals surface area contributed by atoms with Crippen molar-refractivity contribution in [3.63, 3.8) is 0 Å². The average Bonchev–Trinajstić information content (AvgIpc) is 2.06. The number of alkyl halides is 2. The SMILES string of the molecule is CS(=O)(=O)CC1(C(=O)O)CCC(F)(F)CC1. The molecule has 0 aliphatic heterocycles. The first-order chi connectivity index (χ1) is 7.06. The molecule has 1 saturated carbocycles. The highest BCUT2D eigenvalue weighted by Crippen LogP contribution is 2.44. The molecule has 0 radical (unpaired) electrons. The van der Waals surface area contributed by atoms with Crippen LogP contribution in [0, 0.1) is 5.41 Å². The van der Waals surface area contributed by atoms with Gasteiger partial charge in [0, 0.05) is 19.1 Å². The van der Waals surface area contributed by atoms with Gasteiger partial charge in [0.2, 0.25) is 5.92 Å². The molecule has 0 amide bonds. The van der Waals surface area contributed by atoms with E-state index in [2.05, 4.69) is 0 Å². The largest absolute Gasteiger partial charge is 0.481 e. The molecular weight excluding hydrogens is 242 g/mol. The van der Waals surface area contributed by atoms with Gasteiger partial charge in [-0.15, -0.1) is 0 Å². The number of hydrogen-bond donors (Lipinski definition) is 1. The predicted molar refractivity (Wildman–Crippen MR) is 53.2 cm³/mol. The lowest BCUT2D eigenvalue weighted by molar-refractivity contribution is -0.154. The van der Waals surface area contributed by atoms with Crippen LogP contribution in [0.4, 0.5) is 8.78 Å². The number of halogens is 2. The second-order valence-electron chi connectivity index (χ2n) is 4.51. The molecular formula is C9H14F2O4S. The summed E-state index contributed by atoms with van der Waals surface area (Å²) in [6, 6.07) is 0. The minimum atomic E-state index is -3.49. The quantitative estimate of drug-likeness (QED) is 0.826. The van der Waals surface area contributed by atoms with Gasteiger partial charge in [-0.25, -0.2) is 17.2 Å². The Bertz CT molecular complexity index is 378. The maximum Gasteiger partial charge on any atom is 0.310 e. The van der Waals surface area contributed by atoms with Crippen molar-refractivity contribution < 1.29 is 27.1 Å². The summed E-state index contributed by atoms with van der Waals surface area (Å²) in [4.78, 5) is 11.1. The van der Waals surface area contributed by atoms with Crippen molar-refractivity contribution >= 4 is 15.8 Å². The number of carbonyl (C=O) groups is 1. The van der Waals surface area contributed by atoms with Crippen molar-refractivity contribution in [2.45, 2.75) is 31.6 Å². The van der Waals surface area contributed by atoms with Crippen LogP contribution in [0.1, 0.15) is 25.7 Å². The highest BCUT2D eigenvalue weighted by Gasteiger charge is 2.49. The van der Waals surface area contributed by atoms with E-state index in [1.807, 2.05) is 0 Å². The molecule has 0 spiro atoms. The number of carboxylic acid groups (broad SMARTS) is 1. The molecule has 0 unspecified atom stereocenters. The molecule has 0 aromatic carbocycles. The number of sulfone groups is 1. The summed E-state index contributed by atoms with van der Waals surface area (Å²) >= 11 is 0. The normalized spacial score (nSPS) is 23.9. The molecule has 4 nitrogen and oxygen atoms in total. The Morgan fingerprint density at radius 3 is 2.00 bits per heavy atom. The first-order valence-electron chi connectivity index (χ1n) is 4.85. The summed E-state index contributed by atoms with van der Waals surface area (Å²) in [5.74, 6) is -4.73. The standard InChI is InChI=1S/C9H14F2O4S/c1-16(14,15)6-8(7(12)13)2-4-9(10,11)5-3-8/h2-6H2,1H3,(H,12,13). The predicted octanol–water partition coefficient (Wildman–Crippen LogP) is 1.31. The Labute approximate surface area is 92.6 Å². The van der Waals surface area contributed by atoms with E-state index in [0.29, 0.717) is 0 Å². The summed E-state index contributed by atoms with van der Waals surface area (Å²) in [5, 5.41) is 9.01. The molecule has 1 rings (SSSR count). The van der Waals surface area contributed by atoms with Gasteiger partial charge >= 0.3 is 5.97 Å². The molecule has 1 fully saturated rings. The minimum absolute atomic E-state index is 0.289. The van der Waals surface area contributed by atoms with Crippen molar-refractivity contribution in [3.8, 4) is 0 Å².